The fourth-order valence-electron chi connectivity index (χ4n) is 8.24. The highest BCUT2D eigenvalue weighted by atomic mass is 79.9. The summed E-state index contributed by atoms with van der Waals surface area (Å²) in [6.45, 7) is 19.4. The maximum absolute atomic E-state index is 12.9. The number of nitrogens with two attached hydrogens (primary N) is 2. The number of imidazole rings is 2. The number of benzene rings is 4. The van der Waals surface area contributed by atoms with Gasteiger partial charge in [-0.3, -0.25) is 32.9 Å². The molecule has 448 valence electrons. The van der Waals surface area contributed by atoms with E-state index in [1.165, 1.54) is 39.1 Å². The molecule has 6 aromatic rings. The second-order valence-electron chi connectivity index (χ2n) is 22.0. The molecule has 2 aromatic heterocycles. The SMILES string of the molecule is C.CC(C)(C)n1cc[nH]c1=O.CNC(=O)C(Cc1ccc(-n2ccn(C(C)(C)C)c2=O)cc1)NC(=O)c1ccc(OC(C)C)c(Cl)c1.CNC(=O)C(Cc1ccc(Br)cc1)NC(=O)c1ccc(OC(C)C)c(Cl)c1.N[C@H]1CCCC[C@@H]1N. The van der Waals surface area contributed by atoms with Gasteiger partial charge in [0.15, 0.2) is 0 Å². The van der Waals surface area contributed by atoms with Gasteiger partial charge >= 0.3 is 11.4 Å². The molecule has 7 rings (SSSR count). The van der Waals surface area contributed by atoms with E-state index in [0.29, 0.717) is 44.8 Å². The molecule has 0 bridgehead atoms. The third kappa shape index (κ3) is 21.6. The van der Waals surface area contributed by atoms with Gasteiger partial charge in [0.2, 0.25) is 11.8 Å². The summed E-state index contributed by atoms with van der Waals surface area (Å²) in [6, 6.07) is 23.6. The van der Waals surface area contributed by atoms with Gasteiger partial charge in [0, 0.05) is 90.5 Å². The predicted molar refractivity (Wildman–Crippen MR) is 333 cm³/mol. The second-order valence-corrected chi connectivity index (χ2v) is 23.7. The average Bonchev–Trinajstić information content (AvgIpc) is 4.12. The van der Waals surface area contributed by atoms with Crippen LogP contribution in [0, 0.1) is 0 Å². The minimum absolute atomic E-state index is 0. The molecule has 4 aromatic carbocycles. The number of likely N-dealkylation sites (N-methyl/N-ethyl adjacent to an activating group) is 2. The number of hydrogen-bond donors (Lipinski definition) is 7. The van der Waals surface area contributed by atoms with Gasteiger partial charge < -0.3 is 47.2 Å². The Morgan fingerprint density at radius 1 is 0.646 bits per heavy atom. The maximum atomic E-state index is 12.9. The van der Waals surface area contributed by atoms with E-state index in [9.17, 15) is 28.8 Å². The molecule has 0 aliphatic heterocycles. The molecule has 2 unspecified atom stereocenters. The molecule has 4 atom stereocenters. The number of carbonyl (C=O) groups is 4. The van der Waals surface area contributed by atoms with E-state index < -0.39 is 18.0 Å². The van der Waals surface area contributed by atoms with Gasteiger partial charge in [0.05, 0.1) is 27.9 Å². The van der Waals surface area contributed by atoms with Gasteiger partial charge in [-0.25, -0.2) is 9.59 Å². The third-order valence-electron chi connectivity index (χ3n) is 12.6. The highest BCUT2D eigenvalue weighted by Gasteiger charge is 2.25. The maximum Gasteiger partial charge on any atom is 0.333 e. The van der Waals surface area contributed by atoms with Crippen molar-refractivity contribution in [2.45, 2.75) is 163 Å². The molecule has 0 saturated heterocycles. The van der Waals surface area contributed by atoms with Crippen LogP contribution in [0.2, 0.25) is 10.0 Å². The van der Waals surface area contributed by atoms with Crippen molar-refractivity contribution in [1.82, 2.24) is 40.0 Å². The van der Waals surface area contributed by atoms with Gasteiger partial charge in [-0.1, -0.05) is 83.7 Å². The summed E-state index contributed by atoms with van der Waals surface area (Å²) in [7, 11) is 3.06. The number of aromatic nitrogens is 4. The van der Waals surface area contributed by atoms with Crippen molar-refractivity contribution in [3.05, 3.63) is 167 Å². The standard InChI is InChI=1S/C27H33ClN4O4.C20H22BrClN2O3.C7H12N2O.C6H14N2.CH4/c1-17(2)36-23-12-9-19(16-21(23)28)24(33)30-22(25(34)29-6)15-18-7-10-20(11-8-18)31-13-14-32(26(31)35)27(3,4)5;1-12(2)27-18-9-6-14(11-16(18)22)19(25)24-17(20(26)23-3)10-13-4-7-15(21)8-5-13;1-7(2,3)9-5-4-8-6(9)10;7-5-3-1-2-4-6(5)8;/h7-14,16-17,22H,15H2,1-6H3,(H,29,34)(H,30,33);4-9,11-12,17H,10H2,1-3H3,(H,23,26)(H,24,25);4-5H,1-3H3,(H,8,10);5-6H,1-4,7-8H2;1H4/t;;;5-,6-;/m...0./s1. The van der Waals surface area contributed by atoms with Crippen LogP contribution < -0.4 is 53.6 Å². The summed E-state index contributed by atoms with van der Waals surface area (Å²) in [5.41, 5.74) is 13.8. The van der Waals surface area contributed by atoms with Crippen molar-refractivity contribution in [3.8, 4) is 17.2 Å². The molecule has 4 amide bonds. The molecule has 1 aliphatic rings. The van der Waals surface area contributed by atoms with Crippen molar-refractivity contribution in [2.24, 2.45) is 11.5 Å². The van der Waals surface area contributed by atoms with Crippen LogP contribution in [0.1, 0.15) is 134 Å². The first kappa shape index (κ1) is 69.6. The zero-order valence-corrected chi connectivity index (χ0v) is 51.6. The first-order valence-electron chi connectivity index (χ1n) is 26.9. The number of halogens is 3. The van der Waals surface area contributed by atoms with Crippen LogP contribution in [0.4, 0.5) is 0 Å². The number of amides is 4. The number of nitrogens with zero attached hydrogens (tertiary/aromatic N) is 3. The fraction of sp³-hybridized carbons (Fsp3) is 0.443. The van der Waals surface area contributed by atoms with E-state index in [2.05, 4.69) is 42.2 Å². The molecule has 0 spiro atoms. The van der Waals surface area contributed by atoms with E-state index >= 15 is 0 Å². The van der Waals surface area contributed by atoms with Crippen LogP contribution in [0.5, 0.6) is 11.5 Å². The lowest BCUT2D eigenvalue weighted by Gasteiger charge is -2.24. The van der Waals surface area contributed by atoms with Gasteiger partial charge in [-0.2, -0.15) is 0 Å². The normalized spacial score (nSPS) is 14.6. The number of H-pyrrole nitrogens is 1. The van der Waals surface area contributed by atoms with Gasteiger partial charge in [0.1, 0.15) is 23.6 Å². The molecule has 1 aliphatic carbocycles. The molecule has 18 nitrogen and oxygen atoms in total. The largest absolute Gasteiger partial charge is 0.489 e. The van der Waals surface area contributed by atoms with Crippen LogP contribution in [0.15, 0.2) is 124 Å². The predicted octanol–water partition coefficient (Wildman–Crippen LogP) is 9.68. The van der Waals surface area contributed by atoms with E-state index in [1.54, 1.807) is 62.8 Å². The quantitative estimate of drug-likeness (QED) is 0.0512. The van der Waals surface area contributed by atoms with E-state index in [-0.39, 0.29) is 78.3 Å². The first-order chi connectivity index (χ1) is 38.0. The summed E-state index contributed by atoms with van der Waals surface area (Å²) in [5, 5.41) is 11.4. The van der Waals surface area contributed by atoms with Crippen molar-refractivity contribution in [2.75, 3.05) is 14.1 Å². The Morgan fingerprint density at radius 2 is 1.06 bits per heavy atom. The van der Waals surface area contributed by atoms with E-state index in [0.717, 1.165) is 28.4 Å². The van der Waals surface area contributed by atoms with E-state index in [1.807, 2.05) is 118 Å². The van der Waals surface area contributed by atoms with Gasteiger partial charge in [-0.05, 0) is 154 Å². The van der Waals surface area contributed by atoms with Gasteiger partial charge in [-0.15, -0.1) is 0 Å². The van der Waals surface area contributed by atoms with E-state index in [4.69, 9.17) is 44.1 Å². The Labute approximate surface area is 501 Å². The average molecular weight is 1240 g/mol. The molecule has 2 heterocycles. The summed E-state index contributed by atoms with van der Waals surface area (Å²) in [5.74, 6) is -0.384. The Kier molecular flexibility index (Phi) is 27.4. The number of rotatable bonds is 15. The van der Waals surface area contributed by atoms with Crippen molar-refractivity contribution in [1.29, 1.82) is 0 Å². The highest BCUT2D eigenvalue weighted by molar-refractivity contribution is 9.10. The number of aromatic amines is 1. The molecule has 1 saturated carbocycles. The zero-order chi connectivity index (χ0) is 60.4. The Balaban J connectivity index is 0.000000332. The van der Waals surface area contributed by atoms with Crippen LogP contribution in [0.3, 0.4) is 0 Å². The fourth-order valence-corrected chi connectivity index (χ4v) is 8.95. The third-order valence-corrected chi connectivity index (χ3v) is 13.7. The van der Waals surface area contributed by atoms with Crippen LogP contribution >= 0.6 is 39.1 Å². The second kappa shape index (κ2) is 32.3. The number of hydrogen-bond acceptors (Lipinski definition) is 10. The Bertz CT molecular complexity index is 3110. The number of ether oxygens (including phenoxy) is 2. The highest BCUT2D eigenvalue weighted by Crippen LogP contribution is 2.28. The Hall–Kier alpha value is -6.64. The van der Waals surface area contributed by atoms with Crippen LogP contribution in [-0.4, -0.2) is 92.8 Å². The summed E-state index contributed by atoms with van der Waals surface area (Å²) in [4.78, 5) is 76.6. The minimum Gasteiger partial charge on any atom is -0.489 e. The Morgan fingerprint density at radius 3 is 1.38 bits per heavy atom. The summed E-state index contributed by atoms with van der Waals surface area (Å²) in [6.07, 6.45) is 12.3. The first-order valence-corrected chi connectivity index (χ1v) is 28.5. The molecule has 9 N–H and O–H groups in total. The van der Waals surface area contributed by atoms with Crippen molar-refractivity contribution < 1.29 is 28.7 Å². The monoisotopic (exact) mass is 1230 g/mol. The molecule has 0 radical (unpaired) electrons. The lowest BCUT2D eigenvalue weighted by Crippen LogP contribution is -2.47. The molecular weight excluding hydrogens is 1150 g/mol. The van der Waals surface area contributed by atoms with Crippen molar-refractivity contribution in [3.63, 3.8) is 0 Å². The summed E-state index contributed by atoms with van der Waals surface area (Å²) < 4.78 is 17.0. The smallest absolute Gasteiger partial charge is 0.333 e. The van der Waals surface area contributed by atoms with Crippen molar-refractivity contribution >= 4 is 62.8 Å². The molecule has 1 fully saturated rings. The number of nitrogens with one attached hydrogen (secondary N) is 5. The summed E-state index contributed by atoms with van der Waals surface area (Å²) >= 11 is 15.8. The van der Waals surface area contributed by atoms with Crippen LogP contribution in [0.25, 0.3) is 5.69 Å². The van der Waals surface area contributed by atoms with Gasteiger partial charge in [0.25, 0.3) is 11.8 Å². The minimum atomic E-state index is -0.802. The lowest BCUT2D eigenvalue weighted by molar-refractivity contribution is -0.123. The number of carbonyl (C=O) groups excluding carboxylic acids is 4. The molecular formula is C61H85BrCl2N10O8. The molecule has 21 heteroatoms. The lowest BCUT2D eigenvalue weighted by atomic mass is 9.92. The van der Waals surface area contributed by atoms with Crippen LogP contribution in [-0.2, 0) is 33.5 Å². The topological polar surface area (TPSA) is 252 Å². The zero-order valence-electron chi connectivity index (χ0n) is 48.5. The molecule has 82 heavy (non-hydrogen) atoms.